The largest absolute Gasteiger partial charge is 0.504 e. The number of methoxy groups -OCH3 is 1. The van der Waals surface area contributed by atoms with Crippen LogP contribution in [-0.2, 0) is 0 Å². The highest BCUT2D eigenvalue weighted by Crippen LogP contribution is 2.30. The topological polar surface area (TPSA) is 59.3 Å². The van der Waals surface area contributed by atoms with Crippen molar-refractivity contribution in [3.05, 3.63) is 36.2 Å². The molecule has 0 radical (unpaired) electrons. The first-order chi connectivity index (χ1) is 9.51. The third-order valence-corrected chi connectivity index (χ3v) is 3.22. The number of nitrogens with one attached hydrogen (secondary N) is 1. The molecule has 0 aliphatic rings. The quantitative estimate of drug-likeness (QED) is 0.878. The minimum Gasteiger partial charge on any atom is -0.504 e. The maximum Gasteiger partial charge on any atom is 0.160 e. The van der Waals surface area contributed by atoms with Crippen molar-refractivity contribution < 1.29 is 9.84 Å². The van der Waals surface area contributed by atoms with E-state index in [4.69, 9.17) is 4.74 Å². The van der Waals surface area contributed by atoms with Crippen LogP contribution >= 0.6 is 0 Å². The number of aromatic hydroxyl groups is 1. The summed E-state index contributed by atoms with van der Waals surface area (Å²) in [5.74, 6) is 0.630. The smallest absolute Gasteiger partial charge is 0.160 e. The molecule has 1 atom stereocenters. The van der Waals surface area contributed by atoms with E-state index in [0.29, 0.717) is 11.8 Å². The molecule has 0 amide bonds. The van der Waals surface area contributed by atoms with E-state index in [2.05, 4.69) is 31.2 Å². The number of phenolic OH excluding ortho intramolecular Hbond substituents is 1. The van der Waals surface area contributed by atoms with E-state index >= 15 is 0 Å². The molecule has 5 heteroatoms. The Bertz CT molecular complexity index is 578. The summed E-state index contributed by atoms with van der Waals surface area (Å²) >= 11 is 0. The summed E-state index contributed by atoms with van der Waals surface area (Å²) in [7, 11) is 1.55. The summed E-state index contributed by atoms with van der Waals surface area (Å²) in [5.41, 5.74) is 2.01. The Hall–Kier alpha value is -2.17. The molecule has 20 heavy (non-hydrogen) atoms. The van der Waals surface area contributed by atoms with Gasteiger partial charge in [0.05, 0.1) is 19.0 Å². The predicted molar refractivity (Wildman–Crippen MR) is 79.3 cm³/mol. The Balaban J connectivity index is 2.12. The van der Waals surface area contributed by atoms with Crippen molar-refractivity contribution in [1.29, 1.82) is 0 Å². The van der Waals surface area contributed by atoms with Gasteiger partial charge >= 0.3 is 0 Å². The van der Waals surface area contributed by atoms with Crippen molar-refractivity contribution in [2.45, 2.75) is 32.9 Å². The van der Waals surface area contributed by atoms with Crippen molar-refractivity contribution in [1.82, 2.24) is 9.78 Å². The summed E-state index contributed by atoms with van der Waals surface area (Å²) in [6.45, 7) is 6.23. The van der Waals surface area contributed by atoms with E-state index in [9.17, 15) is 5.11 Å². The number of hydrogen-bond acceptors (Lipinski definition) is 4. The van der Waals surface area contributed by atoms with Crippen LogP contribution in [0.4, 0.5) is 5.69 Å². The van der Waals surface area contributed by atoms with Crippen LogP contribution in [0, 0.1) is 0 Å². The van der Waals surface area contributed by atoms with Gasteiger partial charge in [-0.3, -0.25) is 4.68 Å². The Morgan fingerprint density at radius 2 is 2.05 bits per heavy atom. The highest BCUT2D eigenvalue weighted by atomic mass is 16.5. The first-order valence-corrected chi connectivity index (χ1v) is 6.69. The lowest BCUT2D eigenvalue weighted by Crippen LogP contribution is -2.06. The van der Waals surface area contributed by atoms with Crippen LogP contribution in [0.1, 0.15) is 38.4 Å². The van der Waals surface area contributed by atoms with Gasteiger partial charge in [-0.2, -0.15) is 5.10 Å². The van der Waals surface area contributed by atoms with E-state index in [0.717, 1.165) is 11.3 Å². The highest BCUT2D eigenvalue weighted by molar-refractivity contribution is 5.46. The maximum absolute atomic E-state index is 9.61. The number of hydrogen-bond donors (Lipinski definition) is 2. The Kier molecular flexibility index (Phi) is 4.17. The fourth-order valence-electron chi connectivity index (χ4n) is 1.99. The number of ether oxygens (including phenoxy) is 1. The monoisotopic (exact) mass is 275 g/mol. The summed E-state index contributed by atoms with van der Waals surface area (Å²) in [5, 5.41) is 17.3. The zero-order chi connectivity index (χ0) is 14.7. The Morgan fingerprint density at radius 1 is 1.30 bits per heavy atom. The van der Waals surface area contributed by atoms with Crippen molar-refractivity contribution >= 4 is 5.69 Å². The number of benzene rings is 1. The Morgan fingerprint density at radius 3 is 2.65 bits per heavy atom. The molecule has 2 N–H and O–H groups in total. The van der Waals surface area contributed by atoms with Crippen LogP contribution in [0.15, 0.2) is 30.6 Å². The van der Waals surface area contributed by atoms with Crippen molar-refractivity contribution in [3.8, 4) is 11.5 Å². The van der Waals surface area contributed by atoms with E-state index in [-0.39, 0.29) is 11.8 Å². The van der Waals surface area contributed by atoms with Crippen LogP contribution in [0.3, 0.4) is 0 Å². The lowest BCUT2D eigenvalue weighted by molar-refractivity contribution is 0.373. The van der Waals surface area contributed by atoms with Crippen LogP contribution in [0.2, 0.25) is 0 Å². The molecule has 1 aromatic carbocycles. The molecular weight excluding hydrogens is 254 g/mol. The number of anilines is 1. The highest BCUT2D eigenvalue weighted by Gasteiger charge is 2.10. The Labute approximate surface area is 119 Å². The minimum absolute atomic E-state index is 0.0920. The van der Waals surface area contributed by atoms with Gasteiger partial charge in [0, 0.05) is 18.3 Å². The summed E-state index contributed by atoms with van der Waals surface area (Å²) in [6.07, 6.45) is 3.80. The fraction of sp³-hybridized carbons (Fsp3) is 0.400. The molecule has 0 fully saturated rings. The average molecular weight is 275 g/mol. The van der Waals surface area contributed by atoms with Gasteiger partial charge in [0.25, 0.3) is 0 Å². The van der Waals surface area contributed by atoms with E-state index in [1.165, 1.54) is 0 Å². The standard InChI is InChI=1S/C15H21N3O2/c1-10(2)18-9-13(8-16-18)17-11(3)12-5-6-14(19)15(7-12)20-4/h5-11,17,19H,1-4H3. The summed E-state index contributed by atoms with van der Waals surface area (Å²) in [6, 6.07) is 5.79. The second kappa shape index (κ2) is 5.86. The van der Waals surface area contributed by atoms with Gasteiger partial charge in [0.15, 0.2) is 11.5 Å². The number of aromatic nitrogens is 2. The normalized spacial score (nSPS) is 12.4. The summed E-state index contributed by atoms with van der Waals surface area (Å²) < 4.78 is 7.04. The number of rotatable bonds is 5. The van der Waals surface area contributed by atoms with Crippen LogP contribution in [-0.4, -0.2) is 22.0 Å². The minimum atomic E-state index is 0.0920. The van der Waals surface area contributed by atoms with Crippen LogP contribution in [0.25, 0.3) is 0 Å². The second-order valence-electron chi connectivity index (χ2n) is 5.10. The lowest BCUT2D eigenvalue weighted by atomic mass is 10.1. The van der Waals surface area contributed by atoms with Gasteiger partial charge in [-0.1, -0.05) is 6.07 Å². The fourth-order valence-corrected chi connectivity index (χ4v) is 1.99. The van der Waals surface area contributed by atoms with E-state index in [1.807, 2.05) is 29.2 Å². The molecule has 0 saturated heterocycles. The third-order valence-electron chi connectivity index (χ3n) is 3.22. The van der Waals surface area contributed by atoms with Gasteiger partial charge in [-0.15, -0.1) is 0 Å². The van der Waals surface area contributed by atoms with E-state index < -0.39 is 0 Å². The molecule has 5 nitrogen and oxygen atoms in total. The molecule has 108 valence electrons. The molecule has 2 rings (SSSR count). The zero-order valence-electron chi connectivity index (χ0n) is 12.3. The zero-order valence-corrected chi connectivity index (χ0v) is 12.3. The first kappa shape index (κ1) is 14.2. The predicted octanol–water partition coefficient (Wildman–Crippen LogP) is 3.35. The molecule has 0 aliphatic heterocycles. The second-order valence-corrected chi connectivity index (χ2v) is 5.10. The average Bonchev–Trinajstić information content (AvgIpc) is 2.88. The van der Waals surface area contributed by atoms with Crippen molar-refractivity contribution in [2.75, 3.05) is 12.4 Å². The van der Waals surface area contributed by atoms with Crippen LogP contribution in [0.5, 0.6) is 11.5 Å². The summed E-state index contributed by atoms with van der Waals surface area (Å²) in [4.78, 5) is 0. The van der Waals surface area contributed by atoms with Gasteiger partial charge < -0.3 is 15.2 Å². The van der Waals surface area contributed by atoms with Crippen molar-refractivity contribution in [2.24, 2.45) is 0 Å². The molecule has 0 bridgehead atoms. The number of nitrogens with zero attached hydrogens (tertiary/aromatic N) is 2. The first-order valence-electron chi connectivity index (χ1n) is 6.69. The van der Waals surface area contributed by atoms with Gasteiger partial charge in [-0.25, -0.2) is 0 Å². The van der Waals surface area contributed by atoms with Gasteiger partial charge in [0.1, 0.15) is 0 Å². The number of phenols is 1. The lowest BCUT2D eigenvalue weighted by Gasteiger charge is -2.15. The SMILES string of the molecule is COc1cc(C(C)Nc2cnn(C(C)C)c2)ccc1O. The maximum atomic E-state index is 9.61. The van der Waals surface area contributed by atoms with Crippen LogP contribution < -0.4 is 10.1 Å². The van der Waals surface area contributed by atoms with Gasteiger partial charge in [-0.05, 0) is 38.5 Å². The molecule has 2 aromatic rings. The van der Waals surface area contributed by atoms with Gasteiger partial charge in [0.2, 0.25) is 0 Å². The van der Waals surface area contributed by atoms with Crippen molar-refractivity contribution in [3.63, 3.8) is 0 Å². The van der Waals surface area contributed by atoms with E-state index in [1.54, 1.807) is 13.2 Å². The molecule has 1 unspecified atom stereocenters. The molecule has 0 aliphatic carbocycles. The molecule has 1 aromatic heterocycles. The molecule has 0 saturated carbocycles. The third kappa shape index (κ3) is 3.04. The molecule has 1 heterocycles. The molecule has 0 spiro atoms. The molecular formula is C15H21N3O2.